The highest BCUT2D eigenvalue weighted by Crippen LogP contribution is 2.29. The number of carbonyl (C=O) groups is 1. The number of carbonyl (C=O) groups excluding carboxylic acids is 1. The molecular formula is C14H13F3N4O. The van der Waals surface area contributed by atoms with Crippen LogP contribution in [-0.4, -0.2) is 30.0 Å². The summed E-state index contributed by atoms with van der Waals surface area (Å²) in [5.74, 6) is -0.204. The predicted molar refractivity (Wildman–Crippen MR) is 75.8 cm³/mol. The molecule has 1 aromatic heterocycles. The van der Waals surface area contributed by atoms with Gasteiger partial charge < -0.3 is 10.2 Å². The molecule has 0 saturated carbocycles. The SMILES string of the molecule is CN(C)c1ncc(NC(=O)c2cccc(C(F)(F)F)c2)cn1. The van der Waals surface area contributed by atoms with E-state index in [-0.39, 0.29) is 5.56 Å². The monoisotopic (exact) mass is 310 g/mol. The quantitative estimate of drug-likeness (QED) is 0.947. The first-order chi connectivity index (χ1) is 10.3. The van der Waals surface area contributed by atoms with E-state index in [1.54, 1.807) is 19.0 Å². The lowest BCUT2D eigenvalue weighted by Crippen LogP contribution is -2.16. The van der Waals surface area contributed by atoms with Gasteiger partial charge in [-0.2, -0.15) is 13.2 Å². The smallest absolute Gasteiger partial charge is 0.347 e. The number of rotatable bonds is 3. The Morgan fingerprint density at radius 3 is 2.36 bits per heavy atom. The van der Waals surface area contributed by atoms with Crippen LogP contribution in [0.3, 0.4) is 0 Å². The summed E-state index contributed by atoms with van der Waals surface area (Å²) in [5.41, 5.74) is -0.668. The van der Waals surface area contributed by atoms with Gasteiger partial charge in [-0.25, -0.2) is 9.97 Å². The summed E-state index contributed by atoms with van der Waals surface area (Å²) in [7, 11) is 3.52. The van der Waals surface area contributed by atoms with Crippen molar-refractivity contribution in [3.8, 4) is 0 Å². The molecule has 22 heavy (non-hydrogen) atoms. The van der Waals surface area contributed by atoms with Crippen LogP contribution in [0.5, 0.6) is 0 Å². The largest absolute Gasteiger partial charge is 0.416 e. The molecule has 0 radical (unpaired) electrons. The van der Waals surface area contributed by atoms with E-state index < -0.39 is 17.6 Å². The van der Waals surface area contributed by atoms with Crippen LogP contribution in [0.1, 0.15) is 15.9 Å². The number of hydrogen-bond donors (Lipinski definition) is 1. The Morgan fingerprint density at radius 2 is 1.82 bits per heavy atom. The maximum absolute atomic E-state index is 12.6. The number of alkyl halides is 3. The first-order valence-corrected chi connectivity index (χ1v) is 6.25. The molecule has 0 atom stereocenters. The fourth-order valence-electron chi connectivity index (χ4n) is 1.66. The van der Waals surface area contributed by atoms with E-state index in [1.807, 2.05) is 0 Å². The molecule has 1 aromatic carbocycles. The summed E-state index contributed by atoms with van der Waals surface area (Å²) >= 11 is 0. The third-order valence-corrected chi connectivity index (χ3v) is 2.75. The second-order valence-corrected chi connectivity index (χ2v) is 4.70. The summed E-state index contributed by atoms with van der Waals surface area (Å²) in [5, 5.41) is 2.45. The molecule has 1 amide bonds. The Labute approximate surface area is 124 Å². The minimum atomic E-state index is -4.49. The molecule has 0 fully saturated rings. The Balaban J connectivity index is 2.15. The van der Waals surface area contributed by atoms with Gasteiger partial charge in [0.05, 0.1) is 23.6 Å². The van der Waals surface area contributed by atoms with Crippen molar-refractivity contribution in [1.82, 2.24) is 9.97 Å². The highest BCUT2D eigenvalue weighted by molar-refractivity contribution is 6.04. The number of amides is 1. The van der Waals surface area contributed by atoms with Crippen LogP contribution in [0, 0.1) is 0 Å². The molecule has 5 nitrogen and oxygen atoms in total. The molecule has 8 heteroatoms. The first kappa shape index (κ1) is 15.7. The van der Waals surface area contributed by atoms with Crippen molar-refractivity contribution in [3.05, 3.63) is 47.8 Å². The van der Waals surface area contributed by atoms with Crippen molar-refractivity contribution < 1.29 is 18.0 Å². The Hall–Kier alpha value is -2.64. The average Bonchev–Trinajstić information content (AvgIpc) is 2.47. The van der Waals surface area contributed by atoms with E-state index in [0.717, 1.165) is 12.1 Å². The molecule has 0 aliphatic rings. The van der Waals surface area contributed by atoms with Crippen molar-refractivity contribution in [1.29, 1.82) is 0 Å². The molecule has 0 aliphatic carbocycles. The number of benzene rings is 1. The zero-order chi connectivity index (χ0) is 16.3. The van der Waals surface area contributed by atoms with Crippen molar-refractivity contribution in [3.63, 3.8) is 0 Å². The molecule has 0 aliphatic heterocycles. The summed E-state index contributed by atoms with van der Waals surface area (Å²) < 4.78 is 37.9. The van der Waals surface area contributed by atoms with Crippen LogP contribution in [-0.2, 0) is 6.18 Å². The maximum Gasteiger partial charge on any atom is 0.416 e. The minimum Gasteiger partial charge on any atom is -0.347 e. The predicted octanol–water partition coefficient (Wildman–Crippen LogP) is 2.81. The Morgan fingerprint density at radius 1 is 1.18 bits per heavy atom. The lowest BCUT2D eigenvalue weighted by molar-refractivity contribution is -0.137. The van der Waals surface area contributed by atoms with Crippen LogP contribution in [0.4, 0.5) is 24.8 Å². The topological polar surface area (TPSA) is 58.1 Å². The van der Waals surface area contributed by atoms with Gasteiger partial charge in [0.15, 0.2) is 0 Å². The second-order valence-electron chi connectivity index (χ2n) is 4.70. The highest BCUT2D eigenvalue weighted by atomic mass is 19.4. The van der Waals surface area contributed by atoms with E-state index in [1.165, 1.54) is 24.5 Å². The van der Waals surface area contributed by atoms with E-state index in [0.29, 0.717) is 11.6 Å². The lowest BCUT2D eigenvalue weighted by Gasteiger charge is -2.11. The number of anilines is 2. The van der Waals surface area contributed by atoms with E-state index in [2.05, 4.69) is 15.3 Å². The number of aromatic nitrogens is 2. The van der Waals surface area contributed by atoms with Crippen LogP contribution >= 0.6 is 0 Å². The minimum absolute atomic E-state index is 0.0912. The molecule has 1 N–H and O–H groups in total. The molecule has 0 unspecified atom stereocenters. The molecule has 116 valence electrons. The molecular weight excluding hydrogens is 297 g/mol. The molecule has 0 spiro atoms. The van der Waals surface area contributed by atoms with Gasteiger partial charge in [-0.05, 0) is 18.2 Å². The van der Waals surface area contributed by atoms with Gasteiger partial charge in [-0.1, -0.05) is 6.07 Å². The van der Waals surface area contributed by atoms with Crippen molar-refractivity contribution >= 4 is 17.5 Å². The van der Waals surface area contributed by atoms with Gasteiger partial charge in [-0.15, -0.1) is 0 Å². The Bertz CT molecular complexity index is 669. The van der Waals surface area contributed by atoms with Crippen LogP contribution < -0.4 is 10.2 Å². The first-order valence-electron chi connectivity index (χ1n) is 6.25. The van der Waals surface area contributed by atoms with Gasteiger partial charge in [-0.3, -0.25) is 4.79 Å². The van der Waals surface area contributed by atoms with Crippen LogP contribution in [0.25, 0.3) is 0 Å². The highest BCUT2D eigenvalue weighted by Gasteiger charge is 2.30. The van der Waals surface area contributed by atoms with Gasteiger partial charge in [0, 0.05) is 19.7 Å². The number of halogens is 3. The average molecular weight is 310 g/mol. The van der Waals surface area contributed by atoms with Crippen LogP contribution in [0.15, 0.2) is 36.7 Å². The van der Waals surface area contributed by atoms with Gasteiger partial charge in [0.25, 0.3) is 5.91 Å². The number of nitrogens with one attached hydrogen (secondary N) is 1. The maximum atomic E-state index is 12.6. The third kappa shape index (κ3) is 3.72. The number of nitrogens with zero attached hydrogens (tertiary/aromatic N) is 3. The summed E-state index contributed by atoms with van der Waals surface area (Å²) in [6, 6.07) is 4.19. The zero-order valence-corrected chi connectivity index (χ0v) is 11.8. The van der Waals surface area contributed by atoms with Crippen LogP contribution in [0.2, 0.25) is 0 Å². The molecule has 0 saturated heterocycles. The zero-order valence-electron chi connectivity index (χ0n) is 11.8. The Kier molecular flexibility index (Phi) is 4.30. The van der Waals surface area contributed by atoms with E-state index >= 15 is 0 Å². The summed E-state index contributed by atoms with van der Waals surface area (Å²) in [6.07, 6.45) is -1.73. The lowest BCUT2D eigenvalue weighted by atomic mass is 10.1. The molecule has 2 aromatic rings. The standard InChI is InChI=1S/C14H13F3N4O/c1-21(2)13-18-7-11(8-19-13)20-12(22)9-4-3-5-10(6-9)14(15,16)17/h3-8H,1-2H3,(H,20,22). The van der Waals surface area contributed by atoms with Crippen molar-refractivity contribution in [2.24, 2.45) is 0 Å². The fraction of sp³-hybridized carbons (Fsp3) is 0.214. The van der Waals surface area contributed by atoms with Crippen molar-refractivity contribution in [2.75, 3.05) is 24.3 Å². The second kappa shape index (κ2) is 6.00. The third-order valence-electron chi connectivity index (χ3n) is 2.75. The van der Waals surface area contributed by atoms with E-state index in [4.69, 9.17) is 0 Å². The normalized spacial score (nSPS) is 11.1. The summed E-state index contributed by atoms with van der Waals surface area (Å²) in [4.78, 5) is 21.7. The molecule has 2 rings (SSSR count). The number of hydrogen-bond acceptors (Lipinski definition) is 4. The van der Waals surface area contributed by atoms with Gasteiger partial charge >= 0.3 is 6.18 Å². The molecule has 0 bridgehead atoms. The van der Waals surface area contributed by atoms with Crippen molar-refractivity contribution in [2.45, 2.75) is 6.18 Å². The van der Waals surface area contributed by atoms with Gasteiger partial charge in [0.1, 0.15) is 0 Å². The van der Waals surface area contributed by atoms with Gasteiger partial charge in [0.2, 0.25) is 5.95 Å². The fourth-order valence-corrected chi connectivity index (χ4v) is 1.66. The molecule has 1 heterocycles. The van der Waals surface area contributed by atoms with E-state index in [9.17, 15) is 18.0 Å². The summed E-state index contributed by atoms with van der Waals surface area (Å²) in [6.45, 7) is 0.